The monoisotopic (exact) mass is 297 g/mol. The van der Waals surface area contributed by atoms with Gasteiger partial charge in [0.05, 0.1) is 0 Å². The number of aliphatic imine (C=N–C) groups is 1. The predicted octanol–water partition coefficient (Wildman–Crippen LogP) is 3.01. The summed E-state index contributed by atoms with van der Waals surface area (Å²) in [7, 11) is 1.80. The summed E-state index contributed by atoms with van der Waals surface area (Å²) in [6.45, 7) is 1.67. The van der Waals surface area contributed by atoms with Gasteiger partial charge in [-0.3, -0.25) is 4.99 Å². The number of hydrogen-bond donors (Lipinski definition) is 1. The number of hydrogen-bond acceptors (Lipinski definition) is 1. The molecule has 2 aromatic rings. The van der Waals surface area contributed by atoms with E-state index in [1.807, 2.05) is 6.07 Å². The number of para-hydroxylation sites is 1. The first-order valence-electron chi connectivity index (χ1n) is 7.58. The molecule has 0 amide bonds. The molecule has 3 nitrogen and oxygen atoms in total. The van der Waals surface area contributed by atoms with Crippen LogP contribution in [0.5, 0.6) is 0 Å². The summed E-state index contributed by atoms with van der Waals surface area (Å²) in [6, 6.07) is 15.2. The molecule has 2 aromatic carbocycles. The van der Waals surface area contributed by atoms with Gasteiger partial charge in [0, 0.05) is 25.8 Å². The molecule has 114 valence electrons. The molecule has 3 rings (SSSR count). The lowest BCUT2D eigenvalue weighted by molar-refractivity contribution is 0.625. The SMILES string of the molecule is CN=C(NCCc1cccc(F)c1)N1CCc2ccccc21. The summed E-state index contributed by atoms with van der Waals surface area (Å²) in [6.07, 6.45) is 1.81. The van der Waals surface area contributed by atoms with Gasteiger partial charge in [0.15, 0.2) is 5.96 Å². The minimum absolute atomic E-state index is 0.185. The molecule has 1 aliphatic rings. The highest BCUT2D eigenvalue weighted by molar-refractivity contribution is 5.97. The fourth-order valence-corrected chi connectivity index (χ4v) is 2.86. The number of fused-ring (bicyclic) bond motifs is 1. The summed E-state index contributed by atoms with van der Waals surface area (Å²) in [5, 5.41) is 3.37. The quantitative estimate of drug-likeness (QED) is 0.696. The Kier molecular flexibility index (Phi) is 4.37. The van der Waals surface area contributed by atoms with Crippen molar-refractivity contribution in [2.24, 2.45) is 4.99 Å². The molecule has 0 radical (unpaired) electrons. The van der Waals surface area contributed by atoms with Crippen LogP contribution in [0.4, 0.5) is 10.1 Å². The maximum atomic E-state index is 13.2. The van der Waals surface area contributed by atoms with Crippen LogP contribution in [0.3, 0.4) is 0 Å². The summed E-state index contributed by atoms with van der Waals surface area (Å²) in [5.74, 6) is 0.691. The molecule has 0 aromatic heterocycles. The van der Waals surface area contributed by atoms with Crippen molar-refractivity contribution >= 4 is 11.6 Å². The summed E-state index contributed by atoms with van der Waals surface area (Å²) in [5.41, 5.74) is 3.57. The Morgan fingerprint density at radius 2 is 2.09 bits per heavy atom. The first-order chi connectivity index (χ1) is 10.8. The summed E-state index contributed by atoms with van der Waals surface area (Å²) in [4.78, 5) is 6.58. The van der Waals surface area contributed by atoms with Crippen LogP contribution >= 0.6 is 0 Å². The number of halogens is 1. The zero-order valence-electron chi connectivity index (χ0n) is 12.7. The first kappa shape index (κ1) is 14.6. The number of guanidine groups is 1. The lowest BCUT2D eigenvalue weighted by Gasteiger charge is -2.22. The number of nitrogens with one attached hydrogen (secondary N) is 1. The van der Waals surface area contributed by atoms with Crippen LogP contribution < -0.4 is 10.2 Å². The maximum Gasteiger partial charge on any atom is 0.198 e. The average Bonchev–Trinajstić information content (AvgIpc) is 2.96. The highest BCUT2D eigenvalue weighted by Crippen LogP contribution is 2.27. The topological polar surface area (TPSA) is 27.6 Å². The summed E-state index contributed by atoms with van der Waals surface area (Å²) >= 11 is 0. The molecule has 1 N–H and O–H groups in total. The van der Waals surface area contributed by atoms with Crippen LogP contribution in [0.15, 0.2) is 53.5 Å². The number of anilines is 1. The van der Waals surface area contributed by atoms with Gasteiger partial charge in [-0.2, -0.15) is 0 Å². The van der Waals surface area contributed by atoms with Crippen LogP contribution in [0.1, 0.15) is 11.1 Å². The number of nitrogens with zero attached hydrogens (tertiary/aromatic N) is 2. The Morgan fingerprint density at radius 1 is 1.23 bits per heavy atom. The predicted molar refractivity (Wildman–Crippen MR) is 89.0 cm³/mol. The van der Waals surface area contributed by atoms with Gasteiger partial charge >= 0.3 is 0 Å². The Morgan fingerprint density at radius 3 is 2.91 bits per heavy atom. The second kappa shape index (κ2) is 6.60. The lowest BCUT2D eigenvalue weighted by atomic mass is 10.1. The van der Waals surface area contributed by atoms with Crippen LogP contribution in [-0.2, 0) is 12.8 Å². The van der Waals surface area contributed by atoms with E-state index in [0.29, 0.717) is 0 Å². The van der Waals surface area contributed by atoms with E-state index in [9.17, 15) is 4.39 Å². The van der Waals surface area contributed by atoms with Gasteiger partial charge in [-0.05, 0) is 42.2 Å². The van der Waals surface area contributed by atoms with E-state index < -0.39 is 0 Å². The molecular formula is C18H20FN3. The largest absolute Gasteiger partial charge is 0.356 e. The maximum absolute atomic E-state index is 13.2. The fourth-order valence-electron chi connectivity index (χ4n) is 2.86. The molecule has 0 aliphatic carbocycles. The van der Waals surface area contributed by atoms with Crippen LogP contribution in [0.2, 0.25) is 0 Å². The normalized spacial score (nSPS) is 14.1. The molecular weight excluding hydrogens is 277 g/mol. The van der Waals surface area contributed by atoms with Gasteiger partial charge in [0.2, 0.25) is 0 Å². The van der Waals surface area contributed by atoms with E-state index in [2.05, 4.69) is 39.5 Å². The van der Waals surface area contributed by atoms with Crippen molar-refractivity contribution in [1.82, 2.24) is 5.32 Å². The van der Waals surface area contributed by atoms with E-state index in [4.69, 9.17) is 0 Å². The second-order valence-corrected chi connectivity index (χ2v) is 5.38. The molecule has 1 heterocycles. The first-order valence-corrected chi connectivity index (χ1v) is 7.58. The minimum Gasteiger partial charge on any atom is -0.356 e. The number of rotatable bonds is 3. The Labute approximate surface area is 130 Å². The summed E-state index contributed by atoms with van der Waals surface area (Å²) < 4.78 is 13.2. The van der Waals surface area contributed by atoms with Crippen molar-refractivity contribution in [3.05, 3.63) is 65.5 Å². The Balaban J connectivity index is 1.62. The molecule has 4 heteroatoms. The molecule has 0 saturated carbocycles. The van der Waals surface area contributed by atoms with E-state index in [1.54, 1.807) is 19.2 Å². The third kappa shape index (κ3) is 3.11. The van der Waals surface area contributed by atoms with E-state index in [-0.39, 0.29) is 5.82 Å². The third-order valence-corrected chi connectivity index (χ3v) is 3.94. The van der Waals surface area contributed by atoms with Crippen molar-refractivity contribution in [3.8, 4) is 0 Å². The van der Waals surface area contributed by atoms with Crippen LogP contribution in [0.25, 0.3) is 0 Å². The molecule has 0 fully saturated rings. The van der Waals surface area contributed by atoms with Crippen molar-refractivity contribution in [3.63, 3.8) is 0 Å². The molecule has 1 aliphatic heterocycles. The molecule has 0 saturated heterocycles. The highest BCUT2D eigenvalue weighted by Gasteiger charge is 2.21. The van der Waals surface area contributed by atoms with Gasteiger partial charge in [-0.1, -0.05) is 30.3 Å². The van der Waals surface area contributed by atoms with E-state index in [1.165, 1.54) is 17.3 Å². The molecule has 0 unspecified atom stereocenters. The molecule has 0 spiro atoms. The van der Waals surface area contributed by atoms with Crippen molar-refractivity contribution < 1.29 is 4.39 Å². The zero-order valence-corrected chi connectivity index (χ0v) is 12.7. The number of benzene rings is 2. The standard InChI is InChI=1S/C18H20FN3/c1-20-18(21-11-9-14-5-4-7-16(19)13-14)22-12-10-15-6-2-3-8-17(15)22/h2-8,13H,9-12H2,1H3,(H,20,21). The third-order valence-electron chi connectivity index (χ3n) is 3.94. The van der Waals surface area contributed by atoms with E-state index in [0.717, 1.165) is 37.5 Å². The van der Waals surface area contributed by atoms with E-state index >= 15 is 0 Å². The zero-order chi connectivity index (χ0) is 15.4. The van der Waals surface area contributed by atoms with Crippen molar-refractivity contribution in [2.45, 2.75) is 12.8 Å². The second-order valence-electron chi connectivity index (χ2n) is 5.38. The van der Waals surface area contributed by atoms with Gasteiger partial charge in [0.25, 0.3) is 0 Å². The molecule has 22 heavy (non-hydrogen) atoms. The van der Waals surface area contributed by atoms with Crippen molar-refractivity contribution in [2.75, 3.05) is 25.0 Å². The fraction of sp³-hybridized carbons (Fsp3) is 0.278. The van der Waals surface area contributed by atoms with Crippen LogP contribution in [0, 0.1) is 5.82 Å². The highest BCUT2D eigenvalue weighted by atomic mass is 19.1. The smallest absolute Gasteiger partial charge is 0.198 e. The van der Waals surface area contributed by atoms with Crippen molar-refractivity contribution in [1.29, 1.82) is 0 Å². The lowest BCUT2D eigenvalue weighted by Crippen LogP contribution is -2.41. The van der Waals surface area contributed by atoms with Crippen LogP contribution in [-0.4, -0.2) is 26.1 Å². The molecule has 0 bridgehead atoms. The Bertz CT molecular complexity index is 682. The van der Waals surface area contributed by atoms with Gasteiger partial charge < -0.3 is 10.2 Å². The Hall–Kier alpha value is -2.36. The van der Waals surface area contributed by atoms with Gasteiger partial charge in [0.1, 0.15) is 5.82 Å². The molecule has 0 atom stereocenters. The minimum atomic E-state index is -0.185. The average molecular weight is 297 g/mol. The van der Waals surface area contributed by atoms with Gasteiger partial charge in [-0.15, -0.1) is 0 Å². The van der Waals surface area contributed by atoms with Gasteiger partial charge in [-0.25, -0.2) is 4.39 Å².